The molecule has 2 heterocycles. The number of methoxy groups -OCH3 is 2. The van der Waals surface area contributed by atoms with Crippen LogP contribution >= 0.6 is 0 Å². The molecule has 4 aliphatic rings. The molecule has 0 aromatic heterocycles. The summed E-state index contributed by atoms with van der Waals surface area (Å²) in [6.45, 7) is 1.80. The highest BCUT2D eigenvalue weighted by Crippen LogP contribution is 2.65. The first kappa shape index (κ1) is 27.9. The zero-order chi connectivity index (χ0) is 30.9. The number of carbonyl (C=O) groups is 4. The van der Waals surface area contributed by atoms with Gasteiger partial charge in [0.15, 0.2) is 0 Å². The third-order valence-electron chi connectivity index (χ3n) is 10.1. The van der Waals surface area contributed by atoms with Gasteiger partial charge in [0.2, 0.25) is 23.6 Å². The van der Waals surface area contributed by atoms with Gasteiger partial charge in [-0.05, 0) is 49.9 Å². The van der Waals surface area contributed by atoms with Gasteiger partial charge < -0.3 is 14.6 Å². The molecule has 44 heavy (non-hydrogen) atoms. The Bertz CT molecular complexity index is 1710. The number of fused-ring (bicyclic) bond motifs is 4. The van der Waals surface area contributed by atoms with Crippen LogP contribution in [0.5, 0.6) is 17.2 Å². The smallest absolute Gasteiger partial charge is 0.241 e. The molecule has 3 fully saturated rings. The minimum Gasteiger partial charge on any atom is -0.508 e. The summed E-state index contributed by atoms with van der Waals surface area (Å²) in [5.74, 6) is -4.04. The second kappa shape index (κ2) is 10.1. The van der Waals surface area contributed by atoms with Crippen molar-refractivity contribution in [3.05, 3.63) is 90.0 Å². The molecule has 9 heteroatoms. The Balaban J connectivity index is 1.43. The van der Waals surface area contributed by atoms with Crippen molar-refractivity contribution in [2.24, 2.45) is 29.1 Å². The summed E-state index contributed by atoms with van der Waals surface area (Å²) in [5, 5.41) is 10.5. The van der Waals surface area contributed by atoms with Crippen molar-refractivity contribution in [1.82, 2.24) is 0 Å². The summed E-state index contributed by atoms with van der Waals surface area (Å²) in [7, 11) is 2.94. The first-order valence-electron chi connectivity index (χ1n) is 14.7. The van der Waals surface area contributed by atoms with Crippen LogP contribution in [0.2, 0.25) is 0 Å². The largest absolute Gasteiger partial charge is 0.508 e. The van der Waals surface area contributed by atoms with E-state index in [1.165, 1.54) is 36.2 Å². The number of hydrogen-bond donors (Lipinski definition) is 1. The highest BCUT2D eigenvalue weighted by atomic mass is 16.5. The van der Waals surface area contributed by atoms with E-state index in [9.17, 15) is 24.3 Å². The van der Waals surface area contributed by atoms with Gasteiger partial charge in [0.25, 0.3) is 0 Å². The quantitative estimate of drug-likeness (QED) is 0.333. The summed E-state index contributed by atoms with van der Waals surface area (Å²) >= 11 is 0. The fourth-order valence-corrected chi connectivity index (χ4v) is 8.19. The number of nitrogens with zero attached hydrogens (tertiary/aromatic N) is 2. The highest BCUT2D eigenvalue weighted by molar-refractivity contribution is 6.25. The third kappa shape index (κ3) is 3.71. The highest BCUT2D eigenvalue weighted by Gasteiger charge is 2.68. The maximum Gasteiger partial charge on any atom is 0.241 e. The Kier molecular flexibility index (Phi) is 6.39. The molecule has 1 N–H and O–H groups in total. The van der Waals surface area contributed by atoms with Crippen molar-refractivity contribution >= 4 is 35.0 Å². The molecule has 7 rings (SSSR count). The maximum atomic E-state index is 14.6. The van der Waals surface area contributed by atoms with Gasteiger partial charge in [-0.3, -0.25) is 24.1 Å². The van der Waals surface area contributed by atoms with Crippen LogP contribution in [0.3, 0.4) is 0 Å². The summed E-state index contributed by atoms with van der Waals surface area (Å²) in [6.07, 6.45) is 2.53. The number of benzene rings is 3. The van der Waals surface area contributed by atoms with Gasteiger partial charge in [0.05, 0.1) is 48.8 Å². The second-order valence-corrected chi connectivity index (χ2v) is 12.1. The predicted octanol–water partition coefficient (Wildman–Crippen LogP) is 4.84. The van der Waals surface area contributed by atoms with Crippen molar-refractivity contribution in [2.45, 2.75) is 25.7 Å². The minimum atomic E-state index is -1.27. The van der Waals surface area contributed by atoms with E-state index in [2.05, 4.69) is 0 Å². The van der Waals surface area contributed by atoms with E-state index in [1.54, 1.807) is 55.5 Å². The number of para-hydroxylation sites is 2. The van der Waals surface area contributed by atoms with Crippen LogP contribution in [0.15, 0.2) is 84.4 Å². The van der Waals surface area contributed by atoms with Crippen molar-refractivity contribution in [1.29, 1.82) is 0 Å². The lowest BCUT2D eigenvalue weighted by Gasteiger charge is -2.49. The lowest BCUT2D eigenvalue weighted by Crippen LogP contribution is -2.49. The average Bonchev–Trinajstić information content (AvgIpc) is 3.41. The van der Waals surface area contributed by atoms with Crippen LogP contribution in [-0.2, 0) is 19.2 Å². The Morgan fingerprint density at radius 2 is 1.34 bits per heavy atom. The Hall–Kier alpha value is -4.92. The zero-order valence-corrected chi connectivity index (χ0v) is 24.6. The normalized spacial score (nSPS) is 29.2. The number of hydrogen-bond acceptors (Lipinski definition) is 7. The van der Waals surface area contributed by atoms with Gasteiger partial charge in [0.1, 0.15) is 17.2 Å². The third-order valence-corrected chi connectivity index (χ3v) is 10.1. The molecule has 9 nitrogen and oxygen atoms in total. The van der Waals surface area contributed by atoms with Crippen LogP contribution in [0.1, 0.15) is 31.2 Å². The molecule has 2 aliphatic heterocycles. The summed E-state index contributed by atoms with van der Waals surface area (Å²) in [5.41, 5.74) is 1.03. The maximum absolute atomic E-state index is 14.6. The summed E-state index contributed by atoms with van der Waals surface area (Å²) in [6, 6.07) is 20.6. The van der Waals surface area contributed by atoms with Crippen LogP contribution in [0.4, 0.5) is 11.4 Å². The fraction of sp³-hybridized carbons (Fsp3) is 0.314. The lowest BCUT2D eigenvalue weighted by molar-refractivity contribution is -0.131. The Labute approximate surface area is 254 Å². The van der Waals surface area contributed by atoms with E-state index < -0.39 is 35.0 Å². The Morgan fingerprint density at radius 3 is 1.91 bits per heavy atom. The van der Waals surface area contributed by atoms with Gasteiger partial charge in [-0.2, -0.15) is 0 Å². The van der Waals surface area contributed by atoms with E-state index in [1.807, 2.05) is 18.2 Å². The molecule has 4 amide bonds. The van der Waals surface area contributed by atoms with Crippen LogP contribution < -0.4 is 19.3 Å². The Morgan fingerprint density at radius 1 is 0.773 bits per heavy atom. The molecular formula is C35H32N2O7. The lowest BCUT2D eigenvalue weighted by atomic mass is 9.51. The van der Waals surface area contributed by atoms with E-state index in [4.69, 9.17) is 9.47 Å². The van der Waals surface area contributed by atoms with Crippen LogP contribution in [-0.4, -0.2) is 43.0 Å². The van der Waals surface area contributed by atoms with Gasteiger partial charge in [-0.1, -0.05) is 48.0 Å². The van der Waals surface area contributed by atoms with Crippen LogP contribution in [0.25, 0.3) is 0 Å². The number of amides is 4. The van der Waals surface area contributed by atoms with Crippen LogP contribution in [0, 0.1) is 29.1 Å². The molecule has 224 valence electrons. The number of ether oxygens (including phenoxy) is 2. The average molecular weight is 593 g/mol. The number of carbonyl (C=O) groups excluding carboxylic acids is 4. The van der Waals surface area contributed by atoms with Gasteiger partial charge in [0, 0.05) is 23.6 Å². The molecule has 3 aromatic rings. The van der Waals surface area contributed by atoms with Gasteiger partial charge >= 0.3 is 0 Å². The number of phenolic OH excluding ortho intramolecular Hbond substituents is 1. The van der Waals surface area contributed by atoms with Gasteiger partial charge in [-0.25, -0.2) is 4.90 Å². The number of anilines is 2. The minimum absolute atomic E-state index is 0.0796. The first-order valence-corrected chi connectivity index (χ1v) is 14.7. The summed E-state index contributed by atoms with van der Waals surface area (Å²) < 4.78 is 11.5. The summed E-state index contributed by atoms with van der Waals surface area (Å²) in [4.78, 5) is 59.4. The van der Waals surface area contributed by atoms with Crippen molar-refractivity contribution in [3.63, 3.8) is 0 Å². The predicted molar refractivity (Wildman–Crippen MR) is 161 cm³/mol. The molecule has 6 atom stereocenters. The number of allylic oxidation sites excluding steroid dienone is 2. The van der Waals surface area contributed by atoms with E-state index in [0.717, 1.165) is 5.57 Å². The second-order valence-electron chi connectivity index (χ2n) is 12.1. The number of imide groups is 2. The first-order chi connectivity index (χ1) is 21.2. The number of aromatic hydroxyl groups is 1. The molecule has 2 aliphatic carbocycles. The number of rotatable bonds is 5. The standard InChI is InChI=1S/C35H32N2O7/c1-35-25(32(40)37(34(35)42)20-12-8-5-9-13-20)18-24-22(30(35)29-26(43-2)16-21(38)17-27(29)44-3)14-15-23-28(24)33(41)36(31(23)39)19-10-6-4-7-11-19/h4-14,16-17,23-25,28,30,38H,15,18H2,1-3H3. The molecule has 3 aromatic carbocycles. The van der Waals surface area contributed by atoms with Gasteiger partial charge in [-0.15, -0.1) is 0 Å². The topological polar surface area (TPSA) is 113 Å². The SMILES string of the molecule is COc1cc(O)cc(OC)c1C1C2=CCC3C(=O)N(c4ccccc4)C(=O)C3C2CC2C(=O)N(c3ccccc3)C(=O)C21C. The molecule has 0 radical (unpaired) electrons. The van der Waals surface area contributed by atoms with E-state index in [0.29, 0.717) is 34.9 Å². The molecule has 0 spiro atoms. The molecule has 2 saturated heterocycles. The molecular weight excluding hydrogens is 560 g/mol. The fourth-order valence-electron chi connectivity index (χ4n) is 8.19. The molecule has 6 unspecified atom stereocenters. The monoisotopic (exact) mass is 592 g/mol. The van der Waals surface area contributed by atoms with E-state index in [-0.39, 0.29) is 35.8 Å². The van der Waals surface area contributed by atoms with Crippen molar-refractivity contribution in [3.8, 4) is 17.2 Å². The van der Waals surface area contributed by atoms with E-state index >= 15 is 0 Å². The van der Waals surface area contributed by atoms with Crippen molar-refractivity contribution < 1.29 is 33.8 Å². The van der Waals surface area contributed by atoms with Crippen molar-refractivity contribution in [2.75, 3.05) is 24.0 Å². The molecule has 0 bridgehead atoms. The number of phenols is 1. The molecule has 1 saturated carbocycles. The zero-order valence-electron chi connectivity index (χ0n) is 24.6.